The van der Waals surface area contributed by atoms with Gasteiger partial charge in [0, 0.05) is 14.9 Å². The Morgan fingerprint density at radius 3 is 3.00 bits per heavy atom. The molecule has 9 heteroatoms. The Morgan fingerprint density at radius 2 is 2.22 bits per heavy atom. The molecule has 3 rings (SSSR count). The Bertz CT molecular complexity index is 910. The lowest BCUT2D eigenvalue weighted by atomic mass is 10.1. The summed E-state index contributed by atoms with van der Waals surface area (Å²) in [7, 11) is 0. The van der Waals surface area contributed by atoms with Crippen molar-refractivity contribution in [3.63, 3.8) is 0 Å². The number of amides is 2. The maximum atomic E-state index is 12.3. The van der Waals surface area contributed by atoms with Gasteiger partial charge in [-0.3, -0.25) is 5.32 Å². The van der Waals surface area contributed by atoms with Crippen LogP contribution < -0.4 is 10.7 Å². The molecule has 0 saturated carbocycles. The molecule has 0 unspecified atom stereocenters. The average molecular weight is 452 g/mol. The molecular formula is C18H18BrN3O4S. The highest BCUT2D eigenvalue weighted by Gasteiger charge is 2.28. The fraction of sp³-hybridized carbons (Fsp3) is 0.278. The van der Waals surface area contributed by atoms with Gasteiger partial charge in [-0.2, -0.15) is 5.10 Å². The number of anilines is 1. The van der Waals surface area contributed by atoms with E-state index >= 15 is 0 Å². The van der Waals surface area contributed by atoms with E-state index in [9.17, 15) is 14.7 Å². The first kappa shape index (κ1) is 19.4. The van der Waals surface area contributed by atoms with Gasteiger partial charge in [0.25, 0.3) is 0 Å². The minimum atomic E-state index is -0.578. The first-order valence-electron chi connectivity index (χ1n) is 8.39. The first-order valence-corrected chi connectivity index (χ1v) is 10.0. The third-order valence-corrected chi connectivity index (χ3v) is 5.69. The number of esters is 1. The van der Waals surface area contributed by atoms with E-state index < -0.39 is 12.0 Å². The van der Waals surface area contributed by atoms with E-state index in [0.717, 1.165) is 34.2 Å². The number of aromatic hydroxyl groups is 1. The summed E-state index contributed by atoms with van der Waals surface area (Å²) in [5.74, 6) is -0.377. The number of thiophene rings is 1. The van der Waals surface area contributed by atoms with Gasteiger partial charge >= 0.3 is 12.0 Å². The fourth-order valence-corrected chi connectivity index (χ4v) is 4.48. The number of hydrazone groups is 1. The SMILES string of the molecule is CCOC(=O)c1c(NC(=O)N/N=C/c2cc(Br)ccc2O)sc2c1CCC2. The average Bonchev–Trinajstić information content (AvgIpc) is 3.18. The third-order valence-electron chi connectivity index (χ3n) is 3.99. The molecule has 3 N–H and O–H groups in total. The van der Waals surface area contributed by atoms with E-state index in [4.69, 9.17) is 4.74 Å². The molecule has 2 aromatic rings. The predicted octanol–water partition coefficient (Wildman–Crippen LogP) is 4.04. The molecule has 1 aromatic carbocycles. The summed E-state index contributed by atoms with van der Waals surface area (Å²) in [6.45, 7) is 2.02. The number of rotatable bonds is 5. The van der Waals surface area contributed by atoms with Gasteiger partial charge in [-0.25, -0.2) is 15.0 Å². The van der Waals surface area contributed by atoms with Crippen LogP contribution in [-0.2, 0) is 17.6 Å². The number of phenolic OH excluding ortho intramolecular Hbond substituents is 1. The highest BCUT2D eigenvalue weighted by molar-refractivity contribution is 9.10. The zero-order valence-corrected chi connectivity index (χ0v) is 16.9. The normalized spacial score (nSPS) is 12.8. The number of halogens is 1. The second-order valence-corrected chi connectivity index (χ2v) is 7.83. The topological polar surface area (TPSA) is 100 Å². The molecule has 0 spiro atoms. The summed E-state index contributed by atoms with van der Waals surface area (Å²) in [4.78, 5) is 25.6. The largest absolute Gasteiger partial charge is 0.507 e. The highest BCUT2D eigenvalue weighted by atomic mass is 79.9. The van der Waals surface area contributed by atoms with E-state index in [0.29, 0.717) is 16.1 Å². The van der Waals surface area contributed by atoms with Gasteiger partial charge in [-0.1, -0.05) is 15.9 Å². The Kier molecular flexibility index (Phi) is 6.12. The molecule has 1 aromatic heterocycles. The number of ether oxygens (including phenoxy) is 1. The molecule has 0 bridgehead atoms. The Labute approximate surface area is 168 Å². The van der Waals surface area contributed by atoms with Crippen LogP contribution in [0.1, 0.15) is 39.7 Å². The number of nitrogens with one attached hydrogen (secondary N) is 2. The van der Waals surface area contributed by atoms with Gasteiger partial charge in [0.15, 0.2) is 0 Å². The van der Waals surface area contributed by atoms with Gasteiger partial charge in [-0.05, 0) is 49.9 Å². The molecule has 0 atom stereocenters. The molecule has 0 aliphatic heterocycles. The van der Waals surface area contributed by atoms with E-state index in [-0.39, 0.29) is 12.4 Å². The van der Waals surface area contributed by atoms with Crippen molar-refractivity contribution in [2.45, 2.75) is 26.2 Å². The van der Waals surface area contributed by atoms with Crippen LogP contribution in [0.3, 0.4) is 0 Å². The minimum absolute atomic E-state index is 0.0448. The van der Waals surface area contributed by atoms with Crippen molar-refractivity contribution in [3.8, 4) is 5.75 Å². The molecule has 27 heavy (non-hydrogen) atoms. The van der Waals surface area contributed by atoms with Crippen LogP contribution in [0.15, 0.2) is 27.8 Å². The van der Waals surface area contributed by atoms with Gasteiger partial charge in [0.2, 0.25) is 0 Å². The smallest absolute Gasteiger partial charge is 0.341 e. The van der Waals surface area contributed by atoms with Gasteiger partial charge in [0.05, 0.1) is 18.4 Å². The Morgan fingerprint density at radius 1 is 1.41 bits per heavy atom. The van der Waals surface area contributed by atoms with Gasteiger partial charge in [0.1, 0.15) is 10.8 Å². The number of hydrogen-bond acceptors (Lipinski definition) is 6. The van der Waals surface area contributed by atoms with Crippen molar-refractivity contribution >= 4 is 50.5 Å². The summed E-state index contributed by atoms with van der Waals surface area (Å²) in [6, 6.07) is 4.30. The quantitative estimate of drug-likeness (QED) is 0.362. The molecule has 7 nitrogen and oxygen atoms in total. The number of urea groups is 1. The van der Waals surface area contributed by atoms with E-state index in [1.807, 2.05) is 0 Å². The molecule has 0 fully saturated rings. The van der Waals surface area contributed by atoms with Crippen LogP contribution in [-0.4, -0.2) is 29.9 Å². The van der Waals surface area contributed by atoms with Crippen molar-refractivity contribution in [1.29, 1.82) is 0 Å². The number of nitrogens with zero attached hydrogens (tertiary/aromatic N) is 1. The van der Waals surface area contributed by atoms with Crippen LogP contribution in [0.4, 0.5) is 9.80 Å². The van der Waals surface area contributed by atoms with Crippen LogP contribution in [0, 0.1) is 0 Å². The lowest BCUT2D eigenvalue weighted by Gasteiger charge is -2.07. The van der Waals surface area contributed by atoms with Gasteiger partial charge in [-0.15, -0.1) is 11.3 Å². The van der Waals surface area contributed by atoms with Crippen LogP contribution in [0.5, 0.6) is 5.75 Å². The molecule has 142 valence electrons. The van der Waals surface area contributed by atoms with Gasteiger partial charge < -0.3 is 9.84 Å². The monoisotopic (exact) mass is 451 g/mol. The second-order valence-electron chi connectivity index (χ2n) is 5.81. The molecule has 1 aliphatic carbocycles. The third kappa shape index (κ3) is 4.48. The van der Waals surface area contributed by atoms with Crippen LogP contribution >= 0.6 is 27.3 Å². The van der Waals surface area contributed by atoms with Crippen LogP contribution in [0.2, 0.25) is 0 Å². The van der Waals surface area contributed by atoms with Crippen molar-refractivity contribution in [2.24, 2.45) is 5.10 Å². The lowest BCUT2D eigenvalue weighted by molar-refractivity contribution is 0.0527. The Hall–Kier alpha value is -2.39. The highest BCUT2D eigenvalue weighted by Crippen LogP contribution is 2.39. The zero-order chi connectivity index (χ0) is 19.4. The van der Waals surface area contributed by atoms with Crippen molar-refractivity contribution < 1.29 is 19.4 Å². The van der Waals surface area contributed by atoms with E-state index in [1.54, 1.807) is 19.1 Å². The summed E-state index contributed by atoms with van der Waals surface area (Å²) < 4.78 is 5.91. The summed E-state index contributed by atoms with van der Waals surface area (Å²) in [6.07, 6.45) is 4.04. The maximum absolute atomic E-state index is 12.3. The van der Waals surface area contributed by atoms with E-state index in [1.165, 1.54) is 23.6 Å². The molecule has 0 saturated heterocycles. The molecule has 2 amide bonds. The number of benzene rings is 1. The zero-order valence-electron chi connectivity index (χ0n) is 14.5. The Balaban J connectivity index is 1.70. The molecular weight excluding hydrogens is 434 g/mol. The summed E-state index contributed by atoms with van der Waals surface area (Å²) >= 11 is 4.70. The number of hydrogen-bond donors (Lipinski definition) is 3. The predicted molar refractivity (Wildman–Crippen MR) is 108 cm³/mol. The molecule has 1 aliphatic rings. The molecule has 1 heterocycles. The maximum Gasteiger partial charge on any atom is 0.341 e. The number of carbonyl (C=O) groups excluding carboxylic acids is 2. The van der Waals surface area contributed by atoms with Crippen molar-refractivity contribution in [1.82, 2.24) is 5.43 Å². The fourth-order valence-electron chi connectivity index (χ4n) is 2.83. The first-order chi connectivity index (χ1) is 13.0. The number of fused-ring (bicyclic) bond motifs is 1. The number of carbonyl (C=O) groups is 2. The summed E-state index contributed by atoms with van der Waals surface area (Å²) in [5, 5.41) is 16.7. The number of aryl methyl sites for hydroxylation is 1. The summed E-state index contributed by atoms with van der Waals surface area (Å²) in [5.41, 5.74) is 4.20. The number of phenols is 1. The lowest BCUT2D eigenvalue weighted by Crippen LogP contribution is -2.25. The van der Waals surface area contributed by atoms with E-state index in [2.05, 4.69) is 31.8 Å². The molecule has 0 radical (unpaired) electrons. The van der Waals surface area contributed by atoms with Crippen molar-refractivity contribution in [3.05, 3.63) is 44.2 Å². The van der Waals surface area contributed by atoms with Crippen molar-refractivity contribution in [2.75, 3.05) is 11.9 Å². The van der Waals surface area contributed by atoms with Crippen LogP contribution in [0.25, 0.3) is 0 Å². The standard InChI is InChI=1S/C18H18BrN3O4S/c1-2-26-17(24)15-12-4-3-5-14(12)27-16(15)21-18(25)22-20-9-10-8-11(19)6-7-13(10)23/h6-9,23H,2-5H2,1H3,(H2,21,22,25)/b20-9+. The minimum Gasteiger partial charge on any atom is -0.507 e. The second kappa shape index (κ2) is 8.53.